The van der Waals surface area contributed by atoms with Crippen molar-refractivity contribution in [2.45, 2.75) is 39.7 Å². The average molecular weight is 592 g/mol. The molecule has 4 aromatic rings. The maximum Gasteiger partial charge on any atom is 0.298 e. The van der Waals surface area contributed by atoms with Gasteiger partial charge in [0.05, 0.1) is 5.69 Å². The monoisotopic (exact) mass is 591 g/mol. The number of nitrogens with zero attached hydrogens (tertiary/aromatic N) is 2. The molecule has 0 aromatic heterocycles. The number of anilines is 1. The molecule has 0 unspecified atom stereocenters. The van der Waals surface area contributed by atoms with Crippen LogP contribution in [-0.4, -0.2) is 54.9 Å². The number of hydrogen-bond donors (Lipinski definition) is 1. The van der Waals surface area contributed by atoms with E-state index in [1.54, 1.807) is 24.3 Å². The Bertz CT molecular complexity index is 1550. The van der Waals surface area contributed by atoms with Crippen LogP contribution in [0, 0.1) is 6.92 Å². The molecule has 0 spiro atoms. The summed E-state index contributed by atoms with van der Waals surface area (Å²) in [6, 6.07) is 29.0. The predicted octanol–water partition coefficient (Wildman–Crippen LogP) is 7.06. The Hall–Kier alpha value is -4.46. The normalized spacial score (nSPS) is 13.9. The molecule has 0 aliphatic carbocycles. The van der Waals surface area contributed by atoms with Crippen molar-refractivity contribution in [2.24, 2.45) is 0 Å². The van der Waals surface area contributed by atoms with Crippen LogP contribution in [0.1, 0.15) is 52.4 Å². The molecule has 228 valence electrons. The minimum atomic E-state index is -0.295. The molecule has 1 fully saturated rings. The summed E-state index contributed by atoms with van der Waals surface area (Å²) in [5, 5.41) is 2.96. The summed E-state index contributed by atoms with van der Waals surface area (Å²) < 4.78 is 11.2. The van der Waals surface area contributed by atoms with Gasteiger partial charge in [-0.2, -0.15) is 0 Å². The first-order chi connectivity index (χ1) is 21.4. The number of carbonyl (C=O) groups is 2. The topological polar surface area (TPSA) is 71.1 Å². The van der Waals surface area contributed by atoms with Crippen LogP contribution in [-0.2, 0) is 17.8 Å². The highest BCUT2D eigenvalue weighted by molar-refractivity contribution is 6.05. The van der Waals surface area contributed by atoms with E-state index in [0.717, 1.165) is 62.6 Å². The van der Waals surface area contributed by atoms with Crippen molar-refractivity contribution in [3.05, 3.63) is 119 Å². The number of rotatable bonds is 12. The SMILES string of the molecule is Cc1cccc(CCN2CCN(Cc3cc(OC=O)c(NC(=O)c4ccc(Oc5ccccc5)cc4)cc3C(C)C)CC2)c1. The van der Waals surface area contributed by atoms with Crippen molar-refractivity contribution < 1.29 is 19.1 Å². The van der Waals surface area contributed by atoms with Gasteiger partial charge < -0.3 is 19.7 Å². The van der Waals surface area contributed by atoms with E-state index in [1.807, 2.05) is 42.5 Å². The summed E-state index contributed by atoms with van der Waals surface area (Å²) in [4.78, 5) is 29.6. The fourth-order valence-electron chi connectivity index (χ4n) is 5.62. The van der Waals surface area contributed by atoms with Crippen LogP contribution >= 0.6 is 0 Å². The lowest BCUT2D eigenvalue weighted by Crippen LogP contribution is -2.46. The first-order valence-electron chi connectivity index (χ1n) is 15.3. The number of aryl methyl sites for hydroxylation is 1. The molecule has 1 amide bonds. The van der Waals surface area contributed by atoms with Crippen LogP contribution in [0.2, 0.25) is 0 Å². The zero-order valence-corrected chi connectivity index (χ0v) is 25.8. The standard InChI is InChI=1S/C37H41N3O4/c1-27(2)34-24-35(38-37(42)30-12-14-33(15-13-30)44-32-10-5-4-6-11-32)36(43-26-41)23-31(34)25-40-20-18-39(19-21-40)17-16-29-9-7-8-28(3)22-29/h4-15,22-24,26-27H,16-21,25H2,1-3H3,(H,38,42). The molecule has 5 rings (SSSR count). The molecule has 7 nitrogen and oxygen atoms in total. The Kier molecular flexibility index (Phi) is 10.4. The van der Waals surface area contributed by atoms with Gasteiger partial charge in [0.15, 0.2) is 5.75 Å². The molecule has 7 heteroatoms. The van der Waals surface area contributed by atoms with Crippen molar-refractivity contribution in [2.75, 3.05) is 38.0 Å². The van der Waals surface area contributed by atoms with Crippen molar-refractivity contribution in [1.29, 1.82) is 0 Å². The molecule has 1 aliphatic heterocycles. The van der Waals surface area contributed by atoms with Gasteiger partial charge in [0.25, 0.3) is 12.4 Å². The number of hydrogen-bond acceptors (Lipinski definition) is 6. The number of piperazine rings is 1. The maximum absolute atomic E-state index is 13.2. The fourth-order valence-corrected chi connectivity index (χ4v) is 5.62. The Labute approximate surface area is 260 Å². The number of para-hydroxylation sites is 1. The number of benzene rings is 4. The minimum absolute atomic E-state index is 0.218. The lowest BCUT2D eigenvalue weighted by atomic mass is 9.95. The molecule has 1 saturated heterocycles. The largest absolute Gasteiger partial charge is 0.457 e. The van der Waals surface area contributed by atoms with Crippen LogP contribution in [0.25, 0.3) is 0 Å². The van der Waals surface area contributed by atoms with Crippen LogP contribution in [0.15, 0.2) is 91.0 Å². The average Bonchev–Trinajstić information content (AvgIpc) is 3.03. The second kappa shape index (κ2) is 14.8. The molecule has 4 aromatic carbocycles. The zero-order valence-electron chi connectivity index (χ0n) is 25.8. The molecule has 1 heterocycles. The van der Waals surface area contributed by atoms with Crippen molar-refractivity contribution in [3.63, 3.8) is 0 Å². The summed E-state index contributed by atoms with van der Waals surface area (Å²) in [7, 11) is 0. The molecular weight excluding hydrogens is 550 g/mol. The van der Waals surface area contributed by atoms with Crippen molar-refractivity contribution in [1.82, 2.24) is 9.80 Å². The molecule has 0 saturated carbocycles. The number of carbonyl (C=O) groups excluding carboxylic acids is 2. The van der Waals surface area contributed by atoms with Crippen LogP contribution < -0.4 is 14.8 Å². The number of nitrogens with one attached hydrogen (secondary N) is 1. The summed E-state index contributed by atoms with van der Waals surface area (Å²) >= 11 is 0. The van der Waals surface area contributed by atoms with Crippen molar-refractivity contribution in [3.8, 4) is 17.2 Å². The van der Waals surface area contributed by atoms with E-state index in [4.69, 9.17) is 9.47 Å². The summed E-state index contributed by atoms with van der Waals surface area (Å²) in [5.74, 6) is 1.62. The van der Waals surface area contributed by atoms with Gasteiger partial charge in [-0.15, -0.1) is 0 Å². The van der Waals surface area contributed by atoms with E-state index in [-0.39, 0.29) is 11.8 Å². The summed E-state index contributed by atoms with van der Waals surface area (Å²) in [6.45, 7) is 12.6. The lowest BCUT2D eigenvalue weighted by Gasteiger charge is -2.35. The van der Waals surface area contributed by atoms with E-state index in [2.05, 4.69) is 60.2 Å². The fraction of sp³-hybridized carbons (Fsp3) is 0.297. The predicted molar refractivity (Wildman–Crippen MR) is 175 cm³/mol. The molecule has 0 bridgehead atoms. The van der Waals surface area contributed by atoms with Crippen LogP contribution in [0.3, 0.4) is 0 Å². The zero-order chi connectivity index (χ0) is 30.9. The Morgan fingerprint density at radius 1 is 0.864 bits per heavy atom. The summed E-state index contributed by atoms with van der Waals surface area (Å²) in [5.41, 5.74) is 5.86. The molecule has 1 N–H and O–H groups in total. The molecule has 0 atom stereocenters. The van der Waals surface area contributed by atoms with Gasteiger partial charge in [-0.1, -0.05) is 61.9 Å². The third-order valence-electron chi connectivity index (χ3n) is 8.04. The highest BCUT2D eigenvalue weighted by Crippen LogP contribution is 2.34. The minimum Gasteiger partial charge on any atom is -0.457 e. The highest BCUT2D eigenvalue weighted by atomic mass is 16.5. The molecule has 1 aliphatic rings. The van der Waals surface area contributed by atoms with Gasteiger partial charge in [0, 0.05) is 44.8 Å². The number of amides is 1. The summed E-state index contributed by atoms with van der Waals surface area (Å²) in [6.07, 6.45) is 1.06. The first-order valence-corrected chi connectivity index (χ1v) is 15.3. The molecular formula is C37H41N3O4. The van der Waals surface area contributed by atoms with E-state index in [1.165, 1.54) is 11.1 Å². The number of ether oxygens (including phenoxy) is 2. The van der Waals surface area contributed by atoms with Crippen LogP contribution in [0.5, 0.6) is 17.2 Å². The highest BCUT2D eigenvalue weighted by Gasteiger charge is 2.21. The quantitative estimate of drug-likeness (QED) is 0.178. The van der Waals surface area contributed by atoms with Gasteiger partial charge in [-0.3, -0.25) is 14.5 Å². The second-order valence-electron chi connectivity index (χ2n) is 11.7. The van der Waals surface area contributed by atoms with Gasteiger partial charge in [0.1, 0.15) is 11.5 Å². The van der Waals surface area contributed by atoms with Gasteiger partial charge in [-0.25, -0.2) is 0 Å². The first kappa shape index (κ1) is 31.0. The molecule has 0 radical (unpaired) electrons. The molecule has 44 heavy (non-hydrogen) atoms. The second-order valence-corrected chi connectivity index (χ2v) is 11.7. The third-order valence-corrected chi connectivity index (χ3v) is 8.04. The van der Waals surface area contributed by atoms with E-state index in [9.17, 15) is 9.59 Å². The third kappa shape index (κ3) is 8.34. The maximum atomic E-state index is 13.2. The van der Waals surface area contributed by atoms with Gasteiger partial charge in [0.2, 0.25) is 0 Å². The van der Waals surface area contributed by atoms with Gasteiger partial charge >= 0.3 is 0 Å². The Balaban J connectivity index is 1.23. The lowest BCUT2D eigenvalue weighted by molar-refractivity contribution is -0.120. The van der Waals surface area contributed by atoms with Crippen LogP contribution in [0.4, 0.5) is 5.69 Å². The van der Waals surface area contributed by atoms with E-state index in [0.29, 0.717) is 29.2 Å². The van der Waals surface area contributed by atoms with Gasteiger partial charge in [-0.05, 0) is 84.5 Å². The van der Waals surface area contributed by atoms with E-state index < -0.39 is 0 Å². The Morgan fingerprint density at radius 2 is 1.57 bits per heavy atom. The van der Waals surface area contributed by atoms with Crippen molar-refractivity contribution >= 4 is 18.1 Å². The van der Waals surface area contributed by atoms with E-state index >= 15 is 0 Å². The Morgan fingerprint density at radius 3 is 2.25 bits per heavy atom. The smallest absolute Gasteiger partial charge is 0.298 e.